The molecule has 2 saturated carbocycles. The van der Waals surface area contributed by atoms with Gasteiger partial charge in [0.15, 0.2) is 0 Å². The van der Waals surface area contributed by atoms with E-state index in [0.29, 0.717) is 12.6 Å². The van der Waals surface area contributed by atoms with E-state index in [1.54, 1.807) is 0 Å². The summed E-state index contributed by atoms with van der Waals surface area (Å²) in [7, 11) is 0. The van der Waals surface area contributed by atoms with Crippen LogP contribution in [0.2, 0.25) is 0 Å². The van der Waals surface area contributed by atoms with Gasteiger partial charge in [0.2, 0.25) is 0 Å². The van der Waals surface area contributed by atoms with Gasteiger partial charge >= 0.3 is 0 Å². The summed E-state index contributed by atoms with van der Waals surface area (Å²) in [4.78, 5) is 0. The molecule has 2 heteroatoms. The maximum atomic E-state index is 8.07. The van der Waals surface area contributed by atoms with Crippen molar-refractivity contribution in [2.45, 2.75) is 179 Å². The van der Waals surface area contributed by atoms with E-state index in [1.165, 1.54) is 77.0 Å². The van der Waals surface area contributed by atoms with E-state index < -0.39 is 0 Å². The van der Waals surface area contributed by atoms with Gasteiger partial charge in [-0.05, 0) is 61.7 Å². The van der Waals surface area contributed by atoms with Gasteiger partial charge in [-0.1, -0.05) is 141 Å². The Balaban J connectivity index is -0.000000174. The highest BCUT2D eigenvalue weighted by molar-refractivity contribution is 4.76. The zero-order valence-corrected chi connectivity index (χ0v) is 27.1. The average molecular weight is 502 g/mol. The monoisotopic (exact) mass is 502 g/mol. The Morgan fingerprint density at radius 2 is 0.943 bits per heavy atom. The second-order valence-electron chi connectivity index (χ2n) is 11.2. The first kappa shape index (κ1) is 42.0. The Morgan fingerprint density at radius 1 is 0.543 bits per heavy atom. The van der Waals surface area contributed by atoms with Crippen LogP contribution in [0.15, 0.2) is 0 Å². The molecule has 0 spiro atoms. The smallest absolute Gasteiger partial charge is 0.0430 e. The molecule has 218 valence electrons. The molecule has 2 fully saturated rings. The lowest BCUT2D eigenvalue weighted by Crippen LogP contribution is -2.30. The van der Waals surface area contributed by atoms with Crippen LogP contribution < -0.4 is 5.73 Å². The lowest BCUT2D eigenvalue weighted by atomic mass is 9.77. The van der Waals surface area contributed by atoms with Crippen LogP contribution in [-0.2, 0) is 0 Å². The molecule has 35 heavy (non-hydrogen) atoms. The average Bonchev–Trinajstić information content (AvgIpc) is 2.86. The maximum absolute atomic E-state index is 8.07. The molecule has 2 rings (SSSR count). The number of nitrogens with two attached hydrogens (primary N) is 1. The predicted molar refractivity (Wildman–Crippen MR) is 165 cm³/mol. The third-order valence-electron chi connectivity index (χ3n) is 7.47. The second-order valence-corrected chi connectivity index (χ2v) is 11.2. The molecule has 0 saturated heterocycles. The molecule has 0 aromatic heterocycles. The fraction of sp³-hybridized carbons (Fsp3) is 1.00. The Hall–Kier alpha value is -0.0800. The Morgan fingerprint density at radius 3 is 1.17 bits per heavy atom. The number of rotatable bonds is 6. The van der Waals surface area contributed by atoms with Gasteiger partial charge in [-0.3, -0.25) is 0 Å². The van der Waals surface area contributed by atoms with Crippen LogP contribution >= 0.6 is 0 Å². The van der Waals surface area contributed by atoms with Gasteiger partial charge in [0.25, 0.3) is 0 Å². The lowest BCUT2D eigenvalue weighted by molar-refractivity contribution is 0.220. The molecule has 2 aliphatic carbocycles. The predicted octanol–water partition coefficient (Wildman–Crippen LogP) is 11.0. The van der Waals surface area contributed by atoms with Crippen LogP contribution in [0.3, 0.4) is 0 Å². The molecule has 0 radical (unpaired) electrons. The standard InChI is InChI=1S/C9H18.C8H17N.C6H14.C4H10O.C4H10.C2H6/c1-7-4-5-8(2)9(3)6-7;1-6-3-4-8(9)5-7(6)2;1-3-5-6-4-2;1-2-3-4-5;1-3-4-2;1-2/h7-9H,4-6H2,1-3H3;6-8H,3-5,9H2,1-2H3;3-6H2,1-2H3;5H,2-4H2,1H3;3-4H2,1-2H3;1-2H3. The summed E-state index contributed by atoms with van der Waals surface area (Å²) in [5.41, 5.74) is 5.79. The first-order chi connectivity index (χ1) is 16.6. The molecule has 0 aliphatic heterocycles. The number of aliphatic hydroxyl groups is 1. The molecule has 0 aromatic rings. The first-order valence-corrected chi connectivity index (χ1v) is 16.0. The van der Waals surface area contributed by atoms with Crippen molar-refractivity contribution < 1.29 is 5.11 Å². The minimum absolute atomic E-state index is 0.344. The minimum Gasteiger partial charge on any atom is -0.396 e. The van der Waals surface area contributed by atoms with E-state index in [-0.39, 0.29) is 0 Å². The van der Waals surface area contributed by atoms with E-state index >= 15 is 0 Å². The molecule has 6 unspecified atom stereocenters. The summed E-state index contributed by atoms with van der Waals surface area (Å²) in [5, 5.41) is 8.07. The van der Waals surface area contributed by atoms with Crippen molar-refractivity contribution in [2.24, 2.45) is 35.3 Å². The summed E-state index contributed by atoms with van der Waals surface area (Å²) in [6.45, 7) is 27.0. The van der Waals surface area contributed by atoms with E-state index in [9.17, 15) is 0 Å². The van der Waals surface area contributed by atoms with Gasteiger partial charge in [-0.15, -0.1) is 0 Å². The van der Waals surface area contributed by atoms with E-state index in [0.717, 1.165) is 42.4 Å². The van der Waals surface area contributed by atoms with Crippen molar-refractivity contribution in [3.8, 4) is 0 Å². The van der Waals surface area contributed by atoms with Gasteiger partial charge < -0.3 is 10.8 Å². The zero-order valence-electron chi connectivity index (χ0n) is 27.1. The molecule has 0 aromatic carbocycles. The fourth-order valence-corrected chi connectivity index (χ4v) is 4.06. The Kier molecular flexibility index (Phi) is 40.7. The van der Waals surface area contributed by atoms with Gasteiger partial charge in [-0.25, -0.2) is 0 Å². The van der Waals surface area contributed by atoms with Gasteiger partial charge in [0, 0.05) is 12.6 Å². The van der Waals surface area contributed by atoms with Gasteiger partial charge in [0.1, 0.15) is 0 Å². The summed E-state index contributed by atoms with van der Waals surface area (Å²) in [6, 6.07) is 0.496. The number of hydrogen-bond acceptors (Lipinski definition) is 2. The van der Waals surface area contributed by atoms with Crippen LogP contribution in [0.4, 0.5) is 0 Å². The van der Waals surface area contributed by atoms with Crippen molar-refractivity contribution >= 4 is 0 Å². The Bertz CT molecular complexity index is 314. The highest BCUT2D eigenvalue weighted by Gasteiger charge is 2.21. The largest absolute Gasteiger partial charge is 0.396 e. The van der Waals surface area contributed by atoms with Gasteiger partial charge in [0.05, 0.1) is 0 Å². The van der Waals surface area contributed by atoms with Crippen molar-refractivity contribution in [3.63, 3.8) is 0 Å². The molecule has 0 bridgehead atoms. The molecule has 0 heterocycles. The van der Waals surface area contributed by atoms with Crippen molar-refractivity contribution in [2.75, 3.05) is 6.61 Å². The topological polar surface area (TPSA) is 46.2 Å². The first-order valence-electron chi connectivity index (χ1n) is 16.0. The highest BCUT2D eigenvalue weighted by Crippen LogP contribution is 2.32. The van der Waals surface area contributed by atoms with Crippen LogP contribution in [0.5, 0.6) is 0 Å². The fourth-order valence-electron chi connectivity index (χ4n) is 4.06. The quantitative estimate of drug-likeness (QED) is 0.355. The normalized spacial score (nSPS) is 26.9. The van der Waals surface area contributed by atoms with Crippen molar-refractivity contribution in [3.05, 3.63) is 0 Å². The molecule has 3 N–H and O–H groups in total. The van der Waals surface area contributed by atoms with Gasteiger partial charge in [-0.2, -0.15) is 0 Å². The van der Waals surface area contributed by atoms with Crippen LogP contribution in [0.1, 0.15) is 173 Å². The zero-order chi connectivity index (χ0) is 28.1. The molecular formula is C33H75NO. The van der Waals surface area contributed by atoms with Crippen molar-refractivity contribution in [1.29, 1.82) is 0 Å². The summed E-state index contributed by atoms with van der Waals surface area (Å²) >= 11 is 0. The third kappa shape index (κ3) is 33.9. The third-order valence-corrected chi connectivity index (χ3v) is 7.47. The number of unbranched alkanes of at least 4 members (excludes halogenated alkanes) is 5. The summed E-state index contributed by atoms with van der Waals surface area (Å²) < 4.78 is 0. The molecule has 0 amide bonds. The molecule has 2 nitrogen and oxygen atoms in total. The minimum atomic E-state index is 0.344. The van der Waals surface area contributed by atoms with Crippen LogP contribution in [0, 0.1) is 29.6 Å². The summed E-state index contributed by atoms with van der Waals surface area (Å²) in [5.74, 6) is 4.73. The molecular weight excluding hydrogens is 426 g/mol. The maximum Gasteiger partial charge on any atom is 0.0430 e. The van der Waals surface area contributed by atoms with E-state index in [2.05, 4.69) is 69.2 Å². The molecule has 2 aliphatic rings. The molecule has 6 atom stereocenters. The lowest BCUT2D eigenvalue weighted by Gasteiger charge is -2.29. The number of hydrogen-bond donors (Lipinski definition) is 2. The second kappa shape index (κ2) is 33.9. The summed E-state index contributed by atoms with van der Waals surface area (Å²) in [6.07, 6.45) is 18.4. The van der Waals surface area contributed by atoms with E-state index in [1.807, 2.05) is 13.8 Å². The van der Waals surface area contributed by atoms with Crippen molar-refractivity contribution in [1.82, 2.24) is 0 Å². The SMILES string of the molecule is CC.CC1CCC(C)C(C)C1.CC1CCC(N)CC1C.CCCC.CCCCCC.CCCCO. The van der Waals surface area contributed by atoms with Crippen LogP contribution in [-0.4, -0.2) is 17.8 Å². The highest BCUT2D eigenvalue weighted by atomic mass is 16.2. The Labute approximate surface area is 226 Å². The van der Waals surface area contributed by atoms with Crippen LogP contribution in [0.25, 0.3) is 0 Å². The van der Waals surface area contributed by atoms with E-state index in [4.69, 9.17) is 10.8 Å². The number of aliphatic hydroxyl groups excluding tert-OH is 1.